The Hall–Kier alpha value is -0.880. The predicted molar refractivity (Wildman–Crippen MR) is 72.3 cm³/mol. The maximum Gasteiger partial charge on any atom is 0.262 e. The molecule has 4 nitrogen and oxygen atoms in total. The van der Waals surface area contributed by atoms with Gasteiger partial charge in [0, 0.05) is 17.6 Å². The highest BCUT2D eigenvalue weighted by Crippen LogP contribution is 2.22. The molecule has 0 aliphatic carbocycles. The molecule has 17 heavy (non-hydrogen) atoms. The minimum Gasteiger partial charge on any atom is -0.342 e. The SMILES string of the molecule is CCN(CC)C(=O)CNC(=O)c1sccc1Br. The van der Waals surface area contributed by atoms with E-state index in [1.807, 2.05) is 25.3 Å². The molecule has 0 aliphatic heterocycles. The molecule has 1 N–H and O–H groups in total. The Kier molecular flexibility index (Phi) is 5.64. The van der Waals surface area contributed by atoms with Crippen molar-refractivity contribution in [3.05, 3.63) is 20.8 Å². The van der Waals surface area contributed by atoms with Crippen LogP contribution in [0.1, 0.15) is 23.5 Å². The Labute approximate surface area is 113 Å². The highest BCUT2D eigenvalue weighted by molar-refractivity contribution is 9.10. The van der Waals surface area contributed by atoms with Crippen molar-refractivity contribution in [3.63, 3.8) is 0 Å². The van der Waals surface area contributed by atoms with Gasteiger partial charge < -0.3 is 10.2 Å². The summed E-state index contributed by atoms with van der Waals surface area (Å²) >= 11 is 4.63. The predicted octanol–water partition coefficient (Wildman–Crippen LogP) is 2.11. The number of likely N-dealkylation sites (N-methyl/N-ethyl adjacent to an activating group) is 1. The maximum absolute atomic E-state index is 11.7. The molecule has 0 aliphatic rings. The van der Waals surface area contributed by atoms with Crippen LogP contribution in [0.2, 0.25) is 0 Å². The quantitative estimate of drug-likeness (QED) is 0.904. The number of carbonyl (C=O) groups is 2. The van der Waals surface area contributed by atoms with E-state index in [0.717, 1.165) is 4.47 Å². The third-order valence-corrected chi connectivity index (χ3v) is 4.18. The lowest BCUT2D eigenvalue weighted by Gasteiger charge is -2.18. The maximum atomic E-state index is 11.7. The van der Waals surface area contributed by atoms with Crippen LogP contribution in [0.15, 0.2) is 15.9 Å². The standard InChI is InChI=1S/C11H15BrN2O2S/c1-3-14(4-2)9(15)7-13-11(16)10-8(12)5-6-17-10/h5-6H,3-4,7H2,1-2H3,(H,13,16). The van der Waals surface area contributed by atoms with E-state index in [9.17, 15) is 9.59 Å². The van der Waals surface area contributed by atoms with Crippen molar-refractivity contribution < 1.29 is 9.59 Å². The number of rotatable bonds is 5. The monoisotopic (exact) mass is 318 g/mol. The van der Waals surface area contributed by atoms with Gasteiger partial charge in [-0.1, -0.05) is 0 Å². The van der Waals surface area contributed by atoms with Crippen molar-refractivity contribution in [1.82, 2.24) is 10.2 Å². The molecule has 0 atom stereocenters. The lowest BCUT2D eigenvalue weighted by Crippen LogP contribution is -2.39. The van der Waals surface area contributed by atoms with E-state index in [1.54, 1.807) is 4.90 Å². The normalized spacial score (nSPS) is 10.1. The topological polar surface area (TPSA) is 49.4 Å². The Morgan fingerprint density at radius 2 is 2.06 bits per heavy atom. The van der Waals surface area contributed by atoms with Crippen molar-refractivity contribution >= 4 is 39.1 Å². The number of thiophene rings is 1. The second-order valence-corrected chi connectivity index (χ2v) is 5.12. The fraction of sp³-hybridized carbons (Fsp3) is 0.455. The average Bonchev–Trinajstić information content (AvgIpc) is 2.74. The smallest absolute Gasteiger partial charge is 0.262 e. The van der Waals surface area contributed by atoms with Gasteiger partial charge in [-0.05, 0) is 41.2 Å². The lowest BCUT2D eigenvalue weighted by atomic mass is 10.4. The van der Waals surface area contributed by atoms with Crippen molar-refractivity contribution in [1.29, 1.82) is 0 Å². The highest BCUT2D eigenvalue weighted by atomic mass is 79.9. The van der Waals surface area contributed by atoms with E-state index in [-0.39, 0.29) is 18.4 Å². The summed E-state index contributed by atoms with van der Waals surface area (Å²) in [6, 6.07) is 1.81. The molecule has 0 bridgehead atoms. The van der Waals surface area contributed by atoms with Crippen LogP contribution < -0.4 is 5.32 Å². The van der Waals surface area contributed by atoms with Gasteiger partial charge in [-0.25, -0.2) is 0 Å². The molecule has 0 fully saturated rings. The molecule has 1 aromatic heterocycles. The van der Waals surface area contributed by atoms with Gasteiger partial charge in [-0.2, -0.15) is 0 Å². The van der Waals surface area contributed by atoms with Crippen LogP contribution in [-0.4, -0.2) is 36.3 Å². The molecule has 0 saturated carbocycles. The van der Waals surface area contributed by atoms with Crippen LogP contribution in [0.3, 0.4) is 0 Å². The highest BCUT2D eigenvalue weighted by Gasteiger charge is 2.14. The van der Waals surface area contributed by atoms with Gasteiger partial charge in [-0.15, -0.1) is 11.3 Å². The van der Waals surface area contributed by atoms with E-state index < -0.39 is 0 Å². The zero-order chi connectivity index (χ0) is 12.8. The Morgan fingerprint density at radius 1 is 1.41 bits per heavy atom. The van der Waals surface area contributed by atoms with Crippen LogP contribution in [0, 0.1) is 0 Å². The summed E-state index contributed by atoms with van der Waals surface area (Å²) < 4.78 is 0.760. The second-order valence-electron chi connectivity index (χ2n) is 3.35. The molecule has 0 spiro atoms. The van der Waals surface area contributed by atoms with Crippen LogP contribution in [-0.2, 0) is 4.79 Å². The van der Waals surface area contributed by atoms with Crippen LogP contribution in [0.5, 0.6) is 0 Å². The summed E-state index contributed by atoms with van der Waals surface area (Å²) in [6.07, 6.45) is 0. The molecule has 2 amide bonds. The molecular weight excluding hydrogens is 304 g/mol. The third kappa shape index (κ3) is 3.81. The zero-order valence-corrected chi connectivity index (χ0v) is 12.2. The van der Waals surface area contributed by atoms with E-state index in [2.05, 4.69) is 21.2 Å². The molecule has 94 valence electrons. The van der Waals surface area contributed by atoms with E-state index in [4.69, 9.17) is 0 Å². The van der Waals surface area contributed by atoms with E-state index >= 15 is 0 Å². The summed E-state index contributed by atoms with van der Waals surface area (Å²) in [6.45, 7) is 5.20. The first kappa shape index (κ1) is 14.2. The summed E-state index contributed by atoms with van der Waals surface area (Å²) in [4.78, 5) is 25.7. The first-order valence-corrected chi connectivity index (χ1v) is 7.06. The van der Waals surface area contributed by atoms with Crippen molar-refractivity contribution in [2.45, 2.75) is 13.8 Å². The van der Waals surface area contributed by atoms with Gasteiger partial charge in [0.05, 0.1) is 6.54 Å². The summed E-state index contributed by atoms with van der Waals surface area (Å²) in [5.41, 5.74) is 0. The molecule has 1 aromatic rings. The molecule has 0 radical (unpaired) electrons. The van der Waals surface area contributed by atoms with Crippen LogP contribution in [0.4, 0.5) is 0 Å². The van der Waals surface area contributed by atoms with Gasteiger partial charge in [0.2, 0.25) is 5.91 Å². The number of hydrogen-bond donors (Lipinski definition) is 1. The van der Waals surface area contributed by atoms with Gasteiger partial charge in [0.25, 0.3) is 5.91 Å². The van der Waals surface area contributed by atoms with Gasteiger partial charge in [-0.3, -0.25) is 9.59 Å². The van der Waals surface area contributed by atoms with Crippen LogP contribution in [0.25, 0.3) is 0 Å². The molecule has 0 aromatic carbocycles. The lowest BCUT2D eigenvalue weighted by molar-refractivity contribution is -0.129. The molecule has 0 unspecified atom stereocenters. The molecular formula is C11H15BrN2O2S. The Bertz CT molecular complexity index is 402. The molecule has 1 heterocycles. The first-order chi connectivity index (χ1) is 8.10. The number of nitrogens with zero attached hydrogens (tertiary/aromatic N) is 1. The van der Waals surface area contributed by atoms with Gasteiger partial charge in [0.1, 0.15) is 4.88 Å². The summed E-state index contributed by atoms with van der Waals surface area (Å²) in [5, 5.41) is 4.45. The largest absolute Gasteiger partial charge is 0.342 e. The average molecular weight is 319 g/mol. The van der Waals surface area contributed by atoms with Gasteiger partial charge in [0.15, 0.2) is 0 Å². The summed E-state index contributed by atoms with van der Waals surface area (Å²) in [5.74, 6) is -0.275. The second kappa shape index (κ2) is 6.76. The van der Waals surface area contributed by atoms with Crippen LogP contribution >= 0.6 is 27.3 Å². The first-order valence-electron chi connectivity index (χ1n) is 5.39. The number of hydrogen-bond acceptors (Lipinski definition) is 3. The minimum atomic E-state index is -0.215. The molecule has 6 heteroatoms. The number of nitrogens with one attached hydrogen (secondary N) is 1. The van der Waals surface area contributed by atoms with Crippen molar-refractivity contribution in [2.24, 2.45) is 0 Å². The summed E-state index contributed by atoms with van der Waals surface area (Å²) in [7, 11) is 0. The number of halogens is 1. The fourth-order valence-electron chi connectivity index (χ4n) is 1.38. The number of amides is 2. The van der Waals surface area contributed by atoms with E-state index in [0.29, 0.717) is 18.0 Å². The van der Waals surface area contributed by atoms with E-state index in [1.165, 1.54) is 11.3 Å². The molecule has 1 rings (SSSR count). The number of carbonyl (C=O) groups excluding carboxylic acids is 2. The Balaban J connectivity index is 2.49. The zero-order valence-electron chi connectivity index (χ0n) is 9.83. The van der Waals surface area contributed by atoms with Gasteiger partial charge >= 0.3 is 0 Å². The fourth-order valence-corrected chi connectivity index (χ4v) is 2.85. The van der Waals surface area contributed by atoms with Crippen molar-refractivity contribution in [3.8, 4) is 0 Å². The van der Waals surface area contributed by atoms with Crippen molar-refractivity contribution in [2.75, 3.05) is 19.6 Å². The third-order valence-electron chi connectivity index (χ3n) is 2.34. The molecule has 0 saturated heterocycles. The minimum absolute atomic E-state index is 0.0465. The Morgan fingerprint density at radius 3 is 2.53 bits per heavy atom.